The Hall–Kier alpha value is -2.39. The SMILES string of the molecule is CC(=C\c1ccccc1)/C=C1/SC(=O)N(CC(=O)Nc2ccc(I)cc2)C1=O. The van der Waals surface area contributed by atoms with Gasteiger partial charge < -0.3 is 5.32 Å². The molecule has 1 saturated heterocycles. The second-order valence-corrected chi connectivity index (χ2v) is 8.36. The highest BCUT2D eigenvalue weighted by Gasteiger charge is 2.36. The lowest BCUT2D eigenvalue weighted by Gasteiger charge is -2.12. The summed E-state index contributed by atoms with van der Waals surface area (Å²) in [5.41, 5.74) is 2.47. The molecule has 3 rings (SSSR count). The van der Waals surface area contributed by atoms with Crippen LogP contribution in [0.2, 0.25) is 0 Å². The van der Waals surface area contributed by atoms with E-state index in [9.17, 15) is 14.4 Å². The van der Waals surface area contributed by atoms with Crippen LogP contribution in [0.4, 0.5) is 10.5 Å². The van der Waals surface area contributed by atoms with Gasteiger partial charge in [0.15, 0.2) is 0 Å². The largest absolute Gasteiger partial charge is 0.325 e. The molecule has 142 valence electrons. The van der Waals surface area contributed by atoms with E-state index in [0.717, 1.165) is 31.4 Å². The molecule has 2 aromatic carbocycles. The third kappa shape index (κ3) is 5.32. The summed E-state index contributed by atoms with van der Waals surface area (Å²) in [5.74, 6) is -0.866. The molecule has 5 nitrogen and oxygen atoms in total. The molecule has 1 aliphatic rings. The minimum atomic E-state index is -0.450. The van der Waals surface area contributed by atoms with Crippen LogP contribution in [0.1, 0.15) is 12.5 Å². The van der Waals surface area contributed by atoms with Crippen molar-refractivity contribution in [3.63, 3.8) is 0 Å². The molecule has 0 aromatic heterocycles. The van der Waals surface area contributed by atoms with Crippen LogP contribution in [0, 0.1) is 3.57 Å². The summed E-state index contributed by atoms with van der Waals surface area (Å²) in [5, 5.41) is 2.25. The molecular weight excluding hydrogens is 487 g/mol. The zero-order valence-corrected chi connectivity index (χ0v) is 18.0. The van der Waals surface area contributed by atoms with Crippen molar-refractivity contribution in [1.29, 1.82) is 0 Å². The van der Waals surface area contributed by atoms with Crippen molar-refractivity contribution in [2.75, 3.05) is 11.9 Å². The number of rotatable bonds is 5. The highest BCUT2D eigenvalue weighted by atomic mass is 127. The first-order valence-electron chi connectivity index (χ1n) is 8.46. The maximum Gasteiger partial charge on any atom is 0.294 e. The molecule has 2 aromatic rings. The summed E-state index contributed by atoms with van der Waals surface area (Å²) in [4.78, 5) is 38.2. The average Bonchev–Trinajstić information content (AvgIpc) is 2.91. The number of carbonyl (C=O) groups is 3. The zero-order chi connectivity index (χ0) is 20.1. The van der Waals surface area contributed by atoms with Crippen LogP contribution < -0.4 is 5.32 Å². The van der Waals surface area contributed by atoms with Crippen molar-refractivity contribution in [3.05, 3.63) is 80.3 Å². The Balaban J connectivity index is 1.66. The molecule has 1 N–H and O–H groups in total. The van der Waals surface area contributed by atoms with Crippen LogP contribution in [0.3, 0.4) is 0 Å². The van der Waals surface area contributed by atoms with Crippen molar-refractivity contribution >= 4 is 63.2 Å². The molecule has 3 amide bonds. The van der Waals surface area contributed by atoms with E-state index in [1.165, 1.54) is 0 Å². The van der Waals surface area contributed by atoms with Crippen molar-refractivity contribution < 1.29 is 14.4 Å². The van der Waals surface area contributed by atoms with Gasteiger partial charge in [-0.05, 0) is 82.8 Å². The second kappa shape index (κ2) is 9.20. The van der Waals surface area contributed by atoms with Crippen LogP contribution in [0.25, 0.3) is 6.08 Å². The van der Waals surface area contributed by atoms with E-state index in [-0.39, 0.29) is 6.54 Å². The van der Waals surface area contributed by atoms with Gasteiger partial charge >= 0.3 is 0 Å². The molecular formula is C21H17IN2O3S. The van der Waals surface area contributed by atoms with Gasteiger partial charge in [0.05, 0.1) is 4.91 Å². The number of anilines is 1. The highest BCUT2D eigenvalue weighted by molar-refractivity contribution is 14.1. The molecule has 1 heterocycles. The molecule has 0 spiro atoms. The first-order chi connectivity index (χ1) is 13.4. The summed E-state index contributed by atoms with van der Waals surface area (Å²) in [6, 6.07) is 17.0. The Labute approximate surface area is 181 Å². The number of carbonyl (C=O) groups excluding carboxylic acids is 3. The fraction of sp³-hybridized carbons (Fsp3) is 0.0952. The van der Waals surface area contributed by atoms with E-state index < -0.39 is 17.1 Å². The fourth-order valence-corrected chi connectivity index (χ4v) is 3.82. The number of hydrogen-bond donors (Lipinski definition) is 1. The third-order valence-corrected chi connectivity index (χ3v) is 5.48. The normalized spacial score (nSPS) is 16.0. The summed E-state index contributed by atoms with van der Waals surface area (Å²) in [7, 11) is 0. The quantitative estimate of drug-likeness (QED) is 0.464. The second-order valence-electron chi connectivity index (χ2n) is 6.12. The monoisotopic (exact) mass is 504 g/mol. The first kappa shape index (κ1) is 20.3. The molecule has 0 radical (unpaired) electrons. The molecule has 28 heavy (non-hydrogen) atoms. The zero-order valence-electron chi connectivity index (χ0n) is 15.0. The Bertz CT molecular complexity index is 969. The number of imide groups is 1. The Kier molecular flexibility index (Phi) is 6.69. The third-order valence-electron chi connectivity index (χ3n) is 3.86. The lowest BCUT2D eigenvalue weighted by molar-refractivity contribution is -0.127. The van der Waals surface area contributed by atoms with Gasteiger partial charge in [-0.2, -0.15) is 0 Å². The topological polar surface area (TPSA) is 66.5 Å². The maximum absolute atomic E-state index is 12.5. The number of thioether (sulfide) groups is 1. The number of amides is 3. The fourth-order valence-electron chi connectivity index (χ4n) is 2.57. The van der Waals surface area contributed by atoms with E-state index in [1.807, 2.05) is 55.5 Å². The summed E-state index contributed by atoms with van der Waals surface area (Å²) >= 11 is 3.02. The maximum atomic E-state index is 12.5. The number of halogens is 1. The van der Waals surface area contributed by atoms with Crippen LogP contribution in [0.15, 0.2) is 71.2 Å². The van der Waals surface area contributed by atoms with Gasteiger partial charge in [-0.3, -0.25) is 19.3 Å². The number of nitrogens with one attached hydrogen (secondary N) is 1. The van der Waals surface area contributed by atoms with Crippen LogP contribution >= 0.6 is 34.4 Å². The molecule has 0 atom stereocenters. The van der Waals surface area contributed by atoms with Gasteiger partial charge in [0.25, 0.3) is 11.1 Å². The van der Waals surface area contributed by atoms with Crippen molar-refractivity contribution in [3.8, 4) is 0 Å². The van der Waals surface area contributed by atoms with E-state index in [0.29, 0.717) is 10.6 Å². The number of allylic oxidation sites excluding steroid dienone is 2. The molecule has 0 saturated carbocycles. The molecule has 7 heteroatoms. The molecule has 0 bridgehead atoms. The minimum Gasteiger partial charge on any atom is -0.325 e. The van der Waals surface area contributed by atoms with Gasteiger partial charge in [-0.25, -0.2) is 0 Å². The predicted molar refractivity (Wildman–Crippen MR) is 121 cm³/mol. The molecule has 1 fully saturated rings. The summed E-state index contributed by atoms with van der Waals surface area (Å²) in [6.07, 6.45) is 3.60. The Morgan fingerprint density at radius 3 is 2.46 bits per heavy atom. The van der Waals surface area contributed by atoms with Crippen molar-refractivity contribution in [2.45, 2.75) is 6.92 Å². The van der Waals surface area contributed by atoms with Crippen molar-refractivity contribution in [2.24, 2.45) is 0 Å². The molecule has 1 aliphatic heterocycles. The Morgan fingerprint density at radius 1 is 1.11 bits per heavy atom. The standard InChI is InChI=1S/C21H17IN2O3S/c1-14(11-15-5-3-2-4-6-15)12-18-20(26)24(21(27)28-18)13-19(25)23-17-9-7-16(22)8-10-17/h2-12H,13H2,1H3,(H,23,25)/b14-11+,18-12+. The van der Waals surface area contributed by atoms with E-state index in [4.69, 9.17) is 0 Å². The Morgan fingerprint density at radius 2 is 1.79 bits per heavy atom. The highest BCUT2D eigenvalue weighted by Crippen LogP contribution is 2.31. The van der Waals surface area contributed by atoms with Gasteiger partial charge in [0, 0.05) is 9.26 Å². The number of benzene rings is 2. The molecule has 0 unspecified atom stereocenters. The van der Waals surface area contributed by atoms with Crippen LogP contribution in [-0.2, 0) is 9.59 Å². The summed E-state index contributed by atoms with van der Waals surface area (Å²) < 4.78 is 1.05. The number of hydrogen-bond acceptors (Lipinski definition) is 4. The van der Waals surface area contributed by atoms with Gasteiger partial charge in [0.2, 0.25) is 5.91 Å². The van der Waals surface area contributed by atoms with E-state index >= 15 is 0 Å². The molecule has 0 aliphatic carbocycles. The smallest absolute Gasteiger partial charge is 0.294 e. The summed E-state index contributed by atoms with van der Waals surface area (Å²) in [6.45, 7) is 1.56. The van der Waals surface area contributed by atoms with Gasteiger partial charge in [0.1, 0.15) is 6.54 Å². The van der Waals surface area contributed by atoms with E-state index in [2.05, 4.69) is 27.9 Å². The average molecular weight is 504 g/mol. The van der Waals surface area contributed by atoms with E-state index in [1.54, 1.807) is 18.2 Å². The van der Waals surface area contributed by atoms with Crippen molar-refractivity contribution in [1.82, 2.24) is 4.90 Å². The minimum absolute atomic E-state index is 0.310. The van der Waals surface area contributed by atoms with Gasteiger partial charge in [-0.15, -0.1) is 0 Å². The number of nitrogens with zero attached hydrogens (tertiary/aromatic N) is 1. The van der Waals surface area contributed by atoms with Gasteiger partial charge in [-0.1, -0.05) is 36.4 Å². The van der Waals surface area contributed by atoms with Crippen LogP contribution in [0.5, 0.6) is 0 Å². The van der Waals surface area contributed by atoms with Crippen LogP contribution in [-0.4, -0.2) is 28.5 Å². The lowest BCUT2D eigenvalue weighted by atomic mass is 10.1. The lowest BCUT2D eigenvalue weighted by Crippen LogP contribution is -2.36. The predicted octanol–water partition coefficient (Wildman–Crippen LogP) is 4.91. The first-order valence-corrected chi connectivity index (χ1v) is 10.4.